The molecule has 16 N–H and O–H groups in total. The molecule has 442 valence electrons. The third-order valence-electron chi connectivity index (χ3n) is 20.6. The van der Waals surface area contributed by atoms with Gasteiger partial charge in [0.05, 0.1) is 56.8 Å². The van der Waals surface area contributed by atoms with Crippen LogP contribution in [0, 0.1) is 44.3 Å². The van der Waals surface area contributed by atoms with E-state index in [2.05, 4.69) is 32.9 Å². The Bertz CT molecular complexity index is 2130. The molecule has 6 fully saturated rings. The largest absolute Gasteiger partial charge is 0.462 e. The van der Waals surface area contributed by atoms with Gasteiger partial charge >= 0.3 is 5.97 Å². The first-order valence-electron chi connectivity index (χ1n) is 27.2. The van der Waals surface area contributed by atoms with E-state index in [0.29, 0.717) is 32.1 Å². The van der Waals surface area contributed by atoms with E-state index in [9.17, 15) is 86.5 Å². The molecule has 0 aromatic carbocycles. The number of esters is 1. The maximum absolute atomic E-state index is 14.1. The minimum Gasteiger partial charge on any atom is -0.462 e. The second kappa shape index (κ2) is 22.7. The van der Waals surface area contributed by atoms with Crippen molar-refractivity contribution in [1.82, 2.24) is 0 Å². The van der Waals surface area contributed by atoms with Gasteiger partial charge in [0.1, 0.15) is 92.1 Å². The van der Waals surface area contributed by atoms with Gasteiger partial charge in [0.25, 0.3) is 0 Å². The van der Waals surface area contributed by atoms with Crippen molar-refractivity contribution in [3.8, 4) is 0 Å². The molecule has 3 aliphatic heterocycles. The Hall–Kier alpha value is -1.93. The quantitative estimate of drug-likeness (QED) is 0.0519. The molecule has 0 bridgehead atoms. The lowest BCUT2D eigenvalue weighted by Crippen LogP contribution is -2.67. The first kappa shape index (κ1) is 61.1. The highest BCUT2D eigenvalue weighted by atomic mass is 16.7. The van der Waals surface area contributed by atoms with Gasteiger partial charge in [-0.15, -0.1) is 0 Å². The van der Waals surface area contributed by atoms with Crippen LogP contribution in [0.1, 0.15) is 92.9 Å². The zero-order valence-corrected chi connectivity index (χ0v) is 44.7. The Balaban J connectivity index is 0.974. The summed E-state index contributed by atoms with van der Waals surface area (Å²) in [6.45, 7) is 8.19. The molecule has 0 aromatic rings. The summed E-state index contributed by atoms with van der Waals surface area (Å²) in [5.74, 6) is -0.991. The van der Waals surface area contributed by atoms with Crippen molar-refractivity contribution in [2.24, 2.45) is 44.3 Å². The van der Waals surface area contributed by atoms with E-state index in [4.69, 9.17) is 33.2 Å². The SMILES string of the molecule is C[C@H]1O[C@H](O[C@@H]2CC[C@@]3(C)[C@@H](CC[C@]4(C)[C@@H]3C=CC3=C5C[C@](C)(C(=O)OC[C@H](O)[C@H](O)[C@H](O)CO[C@H]6O[C@H](CO)[C@H](O)[C@H](O)[C@@H]6O)CC[C@@]5(CO)[C@@H](O)C[C@@]34C)[C@@]2(C)CO)[C@H](O)[C@H](O[C@@H]2O[C@@H](CO)[C@H](O)[C@H](O)[C@H]2O)[C@H]1O. The summed E-state index contributed by atoms with van der Waals surface area (Å²) in [6.07, 6.45) is -23.1. The second-order valence-electron chi connectivity index (χ2n) is 24.9. The van der Waals surface area contributed by atoms with Crippen LogP contribution in [0.2, 0.25) is 0 Å². The molecule has 5 aliphatic carbocycles. The topological polar surface area (TPSA) is 405 Å². The summed E-state index contributed by atoms with van der Waals surface area (Å²) >= 11 is 0. The van der Waals surface area contributed by atoms with Gasteiger partial charge in [-0.05, 0) is 93.5 Å². The molecule has 0 unspecified atom stereocenters. The van der Waals surface area contributed by atoms with E-state index in [1.54, 1.807) is 13.8 Å². The maximum Gasteiger partial charge on any atom is 0.312 e. The smallest absolute Gasteiger partial charge is 0.312 e. The minimum atomic E-state index is -1.93. The van der Waals surface area contributed by atoms with Crippen molar-refractivity contribution in [2.45, 2.75) is 216 Å². The van der Waals surface area contributed by atoms with Crippen LogP contribution in [-0.4, -0.2) is 250 Å². The van der Waals surface area contributed by atoms with Crippen LogP contribution in [0.25, 0.3) is 0 Å². The summed E-state index contributed by atoms with van der Waals surface area (Å²) in [4.78, 5) is 14.1. The Morgan fingerprint density at radius 2 is 1.27 bits per heavy atom. The number of rotatable bonds is 16. The molecule has 3 saturated heterocycles. The van der Waals surface area contributed by atoms with Gasteiger partial charge < -0.3 is 115 Å². The molecule has 3 saturated carbocycles. The molecule has 3 heterocycles. The van der Waals surface area contributed by atoms with Gasteiger partial charge in [0.15, 0.2) is 18.9 Å². The normalized spacial score (nSPS) is 51.1. The van der Waals surface area contributed by atoms with Gasteiger partial charge in [0, 0.05) is 16.2 Å². The monoisotopic (exact) mass is 1110 g/mol. The van der Waals surface area contributed by atoms with Crippen molar-refractivity contribution < 1.29 is 120 Å². The van der Waals surface area contributed by atoms with Crippen molar-refractivity contribution in [1.29, 1.82) is 0 Å². The fraction of sp³-hybridized carbons (Fsp3) is 0.906. The van der Waals surface area contributed by atoms with Crippen LogP contribution < -0.4 is 0 Å². The number of aliphatic hydroxyl groups is 16. The predicted molar refractivity (Wildman–Crippen MR) is 262 cm³/mol. The maximum atomic E-state index is 14.1. The van der Waals surface area contributed by atoms with Crippen molar-refractivity contribution in [2.75, 3.05) is 39.6 Å². The number of carbonyl (C=O) groups excluding carboxylic acids is 1. The summed E-state index contributed by atoms with van der Waals surface area (Å²) in [6, 6.07) is 0. The number of hydrogen-bond donors (Lipinski definition) is 16. The lowest BCUT2D eigenvalue weighted by atomic mass is 9.35. The third kappa shape index (κ3) is 10.1. The molecule has 0 spiro atoms. The molecule has 0 amide bonds. The molecular weight excluding hydrogens is 1020 g/mol. The van der Waals surface area contributed by atoms with Crippen molar-refractivity contribution in [3.63, 3.8) is 0 Å². The number of ether oxygens (including phenoxy) is 7. The second-order valence-corrected chi connectivity index (χ2v) is 24.9. The zero-order chi connectivity index (χ0) is 56.7. The first-order valence-corrected chi connectivity index (χ1v) is 27.2. The molecule has 0 aromatic heterocycles. The molecule has 8 rings (SSSR count). The number of allylic oxidation sites excluding steroid dienone is 3. The van der Waals surface area contributed by atoms with E-state index in [1.807, 2.05) is 6.92 Å². The van der Waals surface area contributed by atoms with E-state index in [0.717, 1.165) is 11.1 Å². The van der Waals surface area contributed by atoms with Crippen LogP contribution in [0.3, 0.4) is 0 Å². The fourth-order valence-corrected chi connectivity index (χ4v) is 15.3. The number of fused-ring (bicyclic) bond motifs is 6. The van der Waals surface area contributed by atoms with E-state index < -0.39 is 188 Å². The van der Waals surface area contributed by atoms with E-state index in [-0.39, 0.29) is 44.3 Å². The number of carbonyl (C=O) groups is 1. The molecule has 24 nitrogen and oxygen atoms in total. The zero-order valence-electron chi connectivity index (χ0n) is 44.7. The predicted octanol–water partition coefficient (Wildman–Crippen LogP) is -3.90. The minimum absolute atomic E-state index is 0.0916. The Morgan fingerprint density at radius 3 is 1.88 bits per heavy atom. The van der Waals surface area contributed by atoms with Crippen LogP contribution in [0.5, 0.6) is 0 Å². The Kier molecular flexibility index (Phi) is 18.0. The summed E-state index contributed by atoms with van der Waals surface area (Å²) in [7, 11) is 0. The summed E-state index contributed by atoms with van der Waals surface area (Å²) in [5.41, 5.74) is -3.23. The fourth-order valence-electron chi connectivity index (χ4n) is 15.3. The summed E-state index contributed by atoms with van der Waals surface area (Å²) in [5, 5.41) is 171. The highest BCUT2D eigenvalue weighted by Gasteiger charge is 2.69. The van der Waals surface area contributed by atoms with Crippen molar-refractivity contribution >= 4 is 5.97 Å². The highest BCUT2D eigenvalue weighted by Crippen LogP contribution is 2.74. The van der Waals surface area contributed by atoms with E-state index in [1.165, 1.54) is 0 Å². The van der Waals surface area contributed by atoms with E-state index >= 15 is 0 Å². The first-order chi connectivity index (χ1) is 36.1. The summed E-state index contributed by atoms with van der Waals surface area (Å²) < 4.78 is 40.3. The lowest BCUT2D eigenvalue weighted by Gasteiger charge is -2.70. The highest BCUT2D eigenvalue weighted by molar-refractivity contribution is 5.77. The third-order valence-corrected chi connectivity index (χ3v) is 20.6. The molecule has 24 heteroatoms. The van der Waals surface area contributed by atoms with Gasteiger partial charge in [-0.25, -0.2) is 0 Å². The molecule has 77 heavy (non-hydrogen) atoms. The average molecular weight is 1110 g/mol. The molecular formula is C53H86O24. The standard InChI is InChI=1S/C53H86O24/c1-23-34(61)43(77-45-41(68)39(66)37(64)29(18-55)75-45)42(69)46(73-23)76-33-10-11-49(3)30(50(33,4)21-56)9-12-51(5)31(49)8-7-24-25-15-48(2,13-14-53(25,22-57)32(60)16-52(24,51)6)47(70)72-20-27(59)35(62)26(58)19-71-44-40(67)38(65)36(63)28(17-54)74-44/h7-8,23,26-46,54-69H,9-22H2,1-6H3/t23-,26-,27+,28-,29+,30-,31-,32+,33-,34+,35-,36+,37+,38+,39+,40+,41-,42-,43-,44+,45+,46-,48-,49+,50-,51-,52+,53+/m1/s1. The molecule has 8 aliphatic rings. The average Bonchev–Trinajstić information content (AvgIpc) is 3.55. The van der Waals surface area contributed by atoms with Crippen LogP contribution in [0.4, 0.5) is 0 Å². The van der Waals surface area contributed by atoms with Crippen LogP contribution in [0.15, 0.2) is 23.3 Å². The number of aliphatic hydroxyl groups excluding tert-OH is 16. The van der Waals surface area contributed by atoms with Crippen molar-refractivity contribution in [3.05, 3.63) is 23.3 Å². The van der Waals surface area contributed by atoms with Gasteiger partial charge in [-0.2, -0.15) is 0 Å². The number of hydrogen-bond acceptors (Lipinski definition) is 24. The van der Waals surface area contributed by atoms with Crippen LogP contribution in [-0.2, 0) is 38.0 Å². The lowest BCUT2D eigenvalue weighted by molar-refractivity contribution is -0.367. The van der Waals surface area contributed by atoms with Gasteiger partial charge in [-0.1, -0.05) is 45.4 Å². The van der Waals surface area contributed by atoms with Crippen LogP contribution >= 0.6 is 0 Å². The van der Waals surface area contributed by atoms with Gasteiger partial charge in [0.2, 0.25) is 0 Å². The Morgan fingerprint density at radius 1 is 0.675 bits per heavy atom. The Labute approximate surface area is 447 Å². The molecule has 28 atom stereocenters. The molecule has 0 radical (unpaired) electrons. The van der Waals surface area contributed by atoms with Gasteiger partial charge in [-0.3, -0.25) is 4.79 Å².